The summed E-state index contributed by atoms with van der Waals surface area (Å²) in [5.74, 6) is 0. The van der Waals surface area contributed by atoms with Gasteiger partial charge >= 0.3 is 7.32 Å². The van der Waals surface area contributed by atoms with Gasteiger partial charge in [0.25, 0.3) is 0 Å². The van der Waals surface area contributed by atoms with Gasteiger partial charge in [0.2, 0.25) is 0 Å². The molecule has 0 saturated heterocycles. The summed E-state index contributed by atoms with van der Waals surface area (Å²) in [6, 6.07) is 0. The summed E-state index contributed by atoms with van der Waals surface area (Å²) in [4.78, 5) is 0. The molecule has 0 spiro atoms. The average Bonchev–Trinajstić information content (AvgIpc) is 0.811. The molecule has 0 aliphatic rings. The molecule has 0 bridgehead atoms. The van der Waals surface area contributed by atoms with Crippen LogP contribution in [0.2, 0.25) is 0 Å². The fourth-order valence-corrected chi connectivity index (χ4v) is 0. The van der Waals surface area contributed by atoms with Crippen LogP contribution < -0.4 is 0 Å². The summed E-state index contributed by atoms with van der Waals surface area (Å²) in [6.07, 6.45) is 0. The van der Waals surface area contributed by atoms with E-state index >= 15 is 0 Å². The maximum absolute atomic E-state index is 7.17. The Balaban J connectivity index is -0.0000000450. The maximum atomic E-state index is 7.17. The van der Waals surface area contributed by atoms with Gasteiger partial charge in [0.15, 0.2) is 0 Å². The molecule has 0 unspecified atom stereocenters. The minimum absolute atomic E-state index is 0. The van der Waals surface area contributed by atoms with Gasteiger partial charge < -0.3 is 15.1 Å². The average molecular weight is 266 g/mol. The quantitative estimate of drug-likeness (QED) is 0.442. The summed E-state index contributed by atoms with van der Waals surface area (Å²) in [5, 5.41) is 21.5. The third kappa shape index (κ3) is 42.1. The van der Waals surface area contributed by atoms with E-state index in [9.17, 15) is 0 Å². The first-order valence-electron chi connectivity index (χ1n) is 0.775. The normalized spacial score (nSPS) is 4.50. The fourth-order valence-electron chi connectivity index (χ4n) is 0. The first kappa shape index (κ1) is 15.7. The third-order valence-electron chi connectivity index (χ3n) is 0. The van der Waals surface area contributed by atoms with Crippen LogP contribution in [0.3, 0.4) is 0 Å². The summed E-state index contributed by atoms with van der Waals surface area (Å²) in [6.45, 7) is 0. The second-order valence-corrected chi connectivity index (χ2v) is 0.346. The van der Waals surface area contributed by atoms with E-state index in [0.717, 1.165) is 0 Å². The van der Waals surface area contributed by atoms with Crippen LogP contribution in [0, 0.1) is 35.6 Å². The molecule has 0 rings (SSSR count). The van der Waals surface area contributed by atoms with E-state index < -0.39 is 7.32 Å². The largest absolute Gasteiger partial charge is 0.631 e. The van der Waals surface area contributed by atoms with Crippen LogP contribution in [0.15, 0.2) is 0 Å². The van der Waals surface area contributed by atoms with Crippen molar-refractivity contribution in [1.82, 2.24) is 0 Å². The van der Waals surface area contributed by atoms with E-state index in [1.54, 1.807) is 0 Å². The maximum Gasteiger partial charge on any atom is 0.631 e. The molecule has 0 heterocycles. The molecule has 3 N–H and O–H groups in total. The van der Waals surface area contributed by atoms with Crippen molar-refractivity contribution in [2.24, 2.45) is 0 Å². The molecule has 0 saturated carbocycles. The van der Waals surface area contributed by atoms with Crippen molar-refractivity contribution >= 4 is 7.32 Å². The minimum atomic E-state index is -2.17. The smallest absolute Gasteiger partial charge is 0.402 e. The molecular weight excluding hydrogens is 263 g/mol. The first-order valence-corrected chi connectivity index (χ1v) is 0.775. The van der Waals surface area contributed by atoms with Crippen LogP contribution in [0.25, 0.3) is 0 Å². The molecule has 0 aliphatic heterocycles. The molecule has 0 fully saturated rings. The predicted octanol–water partition coefficient (Wildman–Crippen LogP) is -2.05. The van der Waals surface area contributed by atoms with Crippen molar-refractivity contribution in [2.75, 3.05) is 0 Å². The molecule has 0 aromatic carbocycles. The first-order chi connectivity index (χ1) is 1.73. The zero-order valence-electron chi connectivity index (χ0n) is 3.20. The van der Waals surface area contributed by atoms with E-state index in [2.05, 4.69) is 0 Å². The number of hydrogen-bond donors (Lipinski definition) is 3. The SMILES string of the molecule is OB(O)O.[La].[Zn]. The van der Waals surface area contributed by atoms with Crippen molar-refractivity contribution in [3.63, 3.8) is 0 Å². The summed E-state index contributed by atoms with van der Waals surface area (Å²) in [5.41, 5.74) is 0. The van der Waals surface area contributed by atoms with Crippen LogP contribution >= 0.6 is 0 Å². The van der Waals surface area contributed by atoms with Crippen LogP contribution in [0.5, 0.6) is 0 Å². The van der Waals surface area contributed by atoms with Crippen molar-refractivity contribution in [3.05, 3.63) is 0 Å². The van der Waals surface area contributed by atoms with E-state index in [-0.39, 0.29) is 55.1 Å². The molecule has 0 aliphatic carbocycles. The molecule has 29 valence electrons. The van der Waals surface area contributed by atoms with Gasteiger partial charge in [-0.2, -0.15) is 0 Å². The number of rotatable bonds is 0. The van der Waals surface area contributed by atoms with Crippen LogP contribution in [0.1, 0.15) is 0 Å². The van der Waals surface area contributed by atoms with Gasteiger partial charge in [-0.1, -0.05) is 0 Å². The standard InChI is InChI=1S/BH3O3.La.Zn/c2-1(3)4;;/h2-4H;;. The van der Waals surface area contributed by atoms with Crippen molar-refractivity contribution in [1.29, 1.82) is 0 Å². The Morgan fingerprint density at radius 1 is 1.00 bits per heavy atom. The second kappa shape index (κ2) is 9.90. The molecule has 0 atom stereocenters. The second-order valence-electron chi connectivity index (χ2n) is 0.346. The zero-order valence-corrected chi connectivity index (χ0v) is 9.80. The Morgan fingerprint density at radius 3 is 1.00 bits per heavy atom. The Kier molecular flexibility index (Phi) is 25.8. The minimum Gasteiger partial charge on any atom is -0.402 e. The van der Waals surface area contributed by atoms with Crippen LogP contribution in [0.4, 0.5) is 0 Å². The fraction of sp³-hybridized carbons (Fsp3) is 0. The van der Waals surface area contributed by atoms with Gasteiger partial charge in [0, 0.05) is 55.1 Å². The van der Waals surface area contributed by atoms with E-state index in [0.29, 0.717) is 0 Å². The summed E-state index contributed by atoms with van der Waals surface area (Å²) < 4.78 is 0. The van der Waals surface area contributed by atoms with Crippen LogP contribution in [-0.4, -0.2) is 22.4 Å². The molecular formula is H3BLaO3Zn. The summed E-state index contributed by atoms with van der Waals surface area (Å²) in [7, 11) is -2.17. The molecule has 3 nitrogen and oxygen atoms in total. The van der Waals surface area contributed by atoms with Crippen molar-refractivity contribution < 1.29 is 70.1 Å². The molecule has 0 aromatic heterocycles. The van der Waals surface area contributed by atoms with Gasteiger partial charge in [0.05, 0.1) is 0 Å². The van der Waals surface area contributed by atoms with E-state index in [1.807, 2.05) is 0 Å². The van der Waals surface area contributed by atoms with Crippen LogP contribution in [-0.2, 0) is 19.5 Å². The summed E-state index contributed by atoms with van der Waals surface area (Å²) >= 11 is 0. The number of hydrogen-bond acceptors (Lipinski definition) is 3. The van der Waals surface area contributed by atoms with E-state index in [4.69, 9.17) is 15.1 Å². The van der Waals surface area contributed by atoms with Gasteiger partial charge in [-0.3, -0.25) is 0 Å². The predicted molar refractivity (Wildman–Crippen MR) is 12.4 cm³/mol. The Bertz CT molecular complexity index is 15.5. The van der Waals surface area contributed by atoms with Gasteiger partial charge in [-0.25, -0.2) is 0 Å². The zero-order chi connectivity index (χ0) is 3.58. The molecule has 0 aromatic rings. The van der Waals surface area contributed by atoms with Crippen molar-refractivity contribution in [3.8, 4) is 0 Å². The topological polar surface area (TPSA) is 60.7 Å². The van der Waals surface area contributed by atoms with Gasteiger partial charge in [-0.05, 0) is 0 Å². The molecule has 0 amide bonds. The Morgan fingerprint density at radius 2 is 1.00 bits per heavy atom. The molecule has 6 heavy (non-hydrogen) atoms. The molecule has 1 radical (unpaired) electrons. The third-order valence-corrected chi connectivity index (χ3v) is 0. The van der Waals surface area contributed by atoms with E-state index in [1.165, 1.54) is 0 Å². The monoisotopic (exact) mass is 265 g/mol. The van der Waals surface area contributed by atoms with Gasteiger partial charge in [-0.15, -0.1) is 0 Å². The Labute approximate surface area is 76.7 Å². The van der Waals surface area contributed by atoms with Crippen molar-refractivity contribution in [2.45, 2.75) is 0 Å². The van der Waals surface area contributed by atoms with Gasteiger partial charge in [0.1, 0.15) is 0 Å². The molecule has 6 heteroatoms. The Hall–Kier alpha value is 1.76.